The van der Waals surface area contributed by atoms with Crippen molar-refractivity contribution in [1.82, 2.24) is 10.6 Å². The number of nitrogens with one attached hydrogen (secondary N) is 2. The van der Waals surface area contributed by atoms with Gasteiger partial charge in [-0.15, -0.1) is 0 Å². The lowest BCUT2D eigenvalue weighted by Crippen LogP contribution is -2.39. The summed E-state index contributed by atoms with van der Waals surface area (Å²) in [6.45, 7) is 2.31. The third-order valence-electron chi connectivity index (χ3n) is 2.90. The molecule has 2 aliphatic carbocycles. The number of carbonyl (C=O) groups is 1. The Balaban J connectivity index is 1.62. The molecule has 0 aromatic heterocycles. The molecule has 0 heterocycles. The van der Waals surface area contributed by atoms with E-state index in [9.17, 15) is 4.79 Å². The molecule has 0 bridgehead atoms. The van der Waals surface area contributed by atoms with E-state index < -0.39 is 0 Å². The van der Waals surface area contributed by atoms with Gasteiger partial charge in [-0.3, -0.25) is 0 Å². The summed E-state index contributed by atoms with van der Waals surface area (Å²) in [7, 11) is 0. The Morgan fingerprint density at radius 3 is 2.46 bits per heavy atom. The largest absolute Gasteiger partial charge is 0.396 e. The maximum absolute atomic E-state index is 11.2. The van der Waals surface area contributed by atoms with Gasteiger partial charge >= 0.3 is 6.03 Å². The minimum atomic E-state index is -0.0738. The van der Waals surface area contributed by atoms with Crippen molar-refractivity contribution in [2.75, 3.05) is 6.61 Å². The van der Waals surface area contributed by atoms with Crippen LogP contribution in [0.4, 0.5) is 4.79 Å². The van der Waals surface area contributed by atoms with Gasteiger partial charge in [0.1, 0.15) is 0 Å². The molecule has 74 valence electrons. The first-order valence-corrected chi connectivity index (χ1v) is 4.88. The molecular weight excluding hydrogens is 168 g/mol. The fourth-order valence-corrected chi connectivity index (χ4v) is 1.53. The molecule has 13 heavy (non-hydrogen) atoms. The van der Waals surface area contributed by atoms with Crippen molar-refractivity contribution < 1.29 is 9.90 Å². The Kier molecular flexibility index (Phi) is 2.15. The minimum Gasteiger partial charge on any atom is -0.396 e. The molecule has 3 N–H and O–H groups in total. The zero-order valence-electron chi connectivity index (χ0n) is 7.79. The van der Waals surface area contributed by atoms with E-state index in [2.05, 4.69) is 17.6 Å². The molecule has 0 aliphatic heterocycles. The fourth-order valence-electron chi connectivity index (χ4n) is 1.53. The molecule has 4 atom stereocenters. The van der Waals surface area contributed by atoms with Crippen molar-refractivity contribution in [3.05, 3.63) is 0 Å². The number of rotatable bonds is 3. The standard InChI is InChI=1S/C9H16N2O2/c1-5-2-7(5)10-9(13)11-8-3-6(8)4-12/h5-8,12H,2-4H2,1H3,(H2,10,11,13)/t5-,6?,7-,8?/m1/s1. The highest BCUT2D eigenvalue weighted by Crippen LogP contribution is 2.31. The van der Waals surface area contributed by atoms with E-state index in [1.54, 1.807) is 0 Å². The SMILES string of the molecule is C[C@@H]1C[C@H]1NC(=O)NC1CC1CO. The summed E-state index contributed by atoms with van der Waals surface area (Å²) in [6.07, 6.45) is 2.02. The first kappa shape index (κ1) is 8.81. The fraction of sp³-hybridized carbons (Fsp3) is 0.889. The third kappa shape index (κ3) is 2.12. The van der Waals surface area contributed by atoms with Gasteiger partial charge < -0.3 is 15.7 Å². The van der Waals surface area contributed by atoms with Gasteiger partial charge in [0.05, 0.1) is 0 Å². The Hall–Kier alpha value is -0.770. The number of urea groups is 1. The predicted octanol–water partition coefficient (Wildman–Crippen LogP) is 0.0748. The summed E-state index contributed by atoms with van der Waals surface area (Å²) >= 11 is 0. The number of hydrogen-bond acceptors (Lipinski definition) is 2. The highest BCUT2D eigenvalue weighted by molar-refractivity contribution is 5.75. The van der Waals surface area contributed by atoms with Crippen LogP contribution in [0.3, 0.4) is 0 Å². The van der Waals surface area contributed by atoms with Gasteiger partial charge in [0.25, 0.3) is 0 Å². The van der Waals surface area contributed by atoms with Crippen molar-refractivity contribution in [1.29, 1.82) is 0 Å². The lowest BCUT2D eigenvalue weighted by atomic mass is 10.4. The van der Waals surface area contributed by atoms with Gasteiger partial charge in [-0.1, -0.05) is 6.92 Å². The van der Waals surface area contributed by atoms with Crippen LogP contribution in [0.1, 0.15) is 19.8 Å². The van der Waals surface area contributed by atoms with Crippen molar-refractivity contribution in [2.45, 2.75) is 31.8 Å². The lowest BCUT2D eigenvalue weighted by molar-refractivity contribution is 0.236. The van der Waals surface area contributed by atoms with Crippen LogP contribution < -0.4 is 10.6 Å². The summed E-state index contributed by atoms with van der Waals surface area (Å²) in [4.78, 5) is 11.2. The highest BCUT2D eigenvalue weighted by atomic mass is 16.3. The first-order valence-electron chi connectivity index (χ1n) is 4.88. The second kappa shape index (κ2) is 3.18. The third-order valence-corrected chi connectivity index (χ3v) is 2.90. The molecule has 2 amide bonds. The molecule has 0 spiro atoms. The van der Waals surface area contributed by atoms with Gasteiger partial charge in [0, 0.05) is 24.6 Å². The van der Waals surface area contributed by atoms with E-state index >= 15 is 0 Å². The van der Waals surface area contributed by atoms with Crippen LogP contribution in [-0.4, -0.2) is 29.8 Å². The Labute approximate surface area is 77.7 Å². The molecule has 0 aromatic carbocycles. The zero-order chi connectivity index (χ0) is 9.42. The number of carbonyl (C=O) groups excluding carboxylic acids is 1. The van der Waals surface area contributed by atoms with Crippen LogP contribution in [0.2, 0.25) is 0 Å². The van der Waals surface area contributed by atoms with Crippen molar-refractivity contribution in [3.8, 4) is 0 Å². The van der Waals surface area contributed by atoms with Crippen LogP contribution in [-0.2, 0) is 0 Å². The van der Waals surface area contributed by atoms with E-state index in [1.807, 2.05) is 0 Å². The monoisotopic (exact) mass is 184 g/mol. The number of hydrogen-bond donors (Lipinski definition) is 3. The van der Waals surface area contributed by atoms with E-state index in [0.717, 1.165) is 12.8 Å². The molecule has 0 saturated heterocycles. The van der Waals surface area contributed by atoms with Crippen molar-refractivity contribution in [2.24, 2.45) is 11.8 Å². The van der Waals surface area contributed by atoms with Gasteiger partial charge in [-0.2, -0.15) is 0 Å². The predicted molar refractivity (Wildman–Crippen MR) is 48.2 cm³/mol. The van der Waals surface area contributed by atoms with E-state index in [4.69, 9.17) is 5.11 Å². The maximum Gasteiger partial charge on any atom is 0.315 e. The van der Waals surface area contributed by atoms with Gasteiger partial charge in [-0.25, -0.2) is 4.79 Å². The number of amides is 2. The molecule has 2 rings (SSSR count). The normalized spacial score (nSPS) is 41.1. The Bertz CT molecular complexity index is 220. The quantitative estimate of drug-likeness (QED) is 0.581. The Morgan fingerprint density at radius 1 is 1.38 bits per heavy atom. The molecule has 4 heteroatoms. The first-order chi connectivity index (χ1) is 6.20. The number of aliphatic hydroxyl groups is 1. The lowest BCUT2D eigenvalue weighted by Gasteiger charge is -2.05. The van der Waals surface area contributed by atoms with Crippen LogP contribution in [0.5, 0.6) is 0 Å². The molecule has 2 saturated carbocycles. The Morgan fingerprint density at radius 2 is 2.00 bits per heavy atom. The van der Waals surface area contributed by atoms with Crippen LogP contribution in [0.15, 0.2) is 0 Å². The van der Waals surface area contributed by atoms with Crippen molar-refractivity contribution >= 4 is 6.03 Å². The number of aliphatic hydroxyl groups excluding tert-OH is 1. The molecular formula is C9H16N2O2. The van der Waals surface area contributed by atoms with Gasteiger partial charge in [0.2, 0.25) is 0 Å². The van der Waals surface area contributed by atoms with E-state index in [-0.39, 0.29) is 18.7 Å². The average molecular weight is 184 g/mol. The molecule has 2 fully saturated rings. The minimum absolute atomic E-state index is 0.0738. The molecule has 2 aliphatic rings. The van der Waals surface area contributed by atoms with E-state index in [1.165, 1.54) is 0 Å². The van der Waals surface area contributed by atoms with Crippen LogP contribution in [0.25, 0.3) is 0 Å². The molecule has 0 aromatic rings. The molecule has 2 unspecified atom stereocenters. The summed E-state index contributed by atoms with van der Waals surface area (Å²) < 4.78 is 0. The van der Waals surface area contributed by atoms with Crippen LogP contribution >= 0.6 is 0 Å². The van der Waals surface area contributed by atoms with Gasteiger partial charge in [-0.05, 0) is 18.8 Å². The zero-order valence-corrected chi connectivity index (χ0v) is 7.79. The summed E-state index contributed by atoms with van der Waals surface area (Å²) in [5.74, 6) is 0.931. The summed E-state index contributed by atoms with van der Waals surface area (Å²) in [5, 5.41) is 14.5. The highest BCUT2D eigenvalue weighted by Gasteiger charge is 2.39. The van der Waals surface area contributed by atoms with Crippen LogP contribution in [0, 0.1) is 11.8 Å². The topological polar surface area (TPSA) is 61.4 Å². The van der Waals surface area contributed by atoms with Crippen molar-refractivity contribution in [3.63, 3.8) is 0 Å². The van der Waals surface area contributed by atoms with E-state index in [0.29, 0.717) is 17.9 Å². The maximum atomic E-state index is 11.2. The smallest absolute Gasteiger partial charge is 0.315 e. The summed E-state index contributed by atoms with van der Waals surface area (Å²) in [6, 6.07) is 0.515. The van der Waals surface area contributed by atoms with Gasteiger partial charge in [0.15, 0.2) is 0 Å². The molecule has 0 radical (unpaired) electrons. The second-order valence-corrected chi connectivity index (χ2v) is 4.22. The second-order valence-electron chi connectivity index (χ2n) is 4.22. The summed E-state index contributed by atoms with van der Waals surface area (Å²) in [5.41, 5.74) is 0. The average Bonchev–Trinajstić information content (AvgIpc) is 2.93. The molecule has 4 nitrogen and oxygen atoms in total.